The summed E-state index contributed by atoms with van der Waals surface area (Å²) in [5, 5.41) is 0. The summed E-state index contributed by atoms with van der Waals surface area (Å²) in [5.41, 5.74) is -1.90. The quantitative estimate of drug-likeness (QED) is 0.303. The van der Waals surface area contributed by atoms with Crippen LogP contribution in [0, 0.1) is 0 Å². The topological polar surface area (TPSA) is 96.0 Å². The van der Waals surface area contributed by atoms with Crippen molar-refractivity contribution in [2.75, 3.05) is 0 Å². The van der Waals surface area contributed by atoms with E-state index in [1.54, 1.807) is 0 Å². The normalized spacial score (nSPS) is 33.4. The predicted octanol–water partition coefficient (Wildman–Crippen LogP) is -1.31. The van der Waals surface area contributed by atoms with Crippen molar-refractivity contribution < 1.29 is 33.4 Å². The van der Waals surface area contributed by atoms with Gasteiger partial charge in [0.1, 0.15) is 6.42 Å². The first-order chi connectivity index (χ1) is 6.95. The molecule has 0 aliphatic carbocycles. The van der Waals surface area contributed by atoms with Crippen LogP contribution in [0.25, 0.3) is 0 Å². The molecule has 0 aromatic heterocycles. The van der Waals surface area contributed by atoms with Crippen molar-refractivity contribution in [1.82, 2.24) is 0 Å². The Balaban J connectivity index is 2.40. The number of carbonyl (C=O) groups is 4. The number of rotatable bonds is 1. The fourth-order valence-corrected chi connectivity index (χ4v) is 1.61. The van der Waals surface area contributed by atoms with Crippen molar-refractivity contribution in [3.05, 3.63) is 0 Å². The molecular formula is C8H6O7. The molecule has 2 saturated heterocycles. The van der Waals surface area contributed by atoms with Crippen LogP contribution in [0.3, 0.4) is 0 Å². The minimum absolute atomic E-state index is 0.484. The van der Waals surface area contributed by atoms with Crippen molar-refractivity contribution in [3.8, 4) is 0 Å². The monoisotopic (exact) mass is 214 g/mol. The molecule has 0 aromatic rings. The predicted molar refractivity (Wildman–Crippen MR) is 40.1 cm³/mol. The molecule has 0 radical (unpaired) electrons. The third-order valence-corrected chi connectivity index (χ3v) is 2.16. The van der Waals surface area contributed by atoms with Crippen LogP contribution in [0.1, 0.15) is 13.3 Å². The molecule has 7 heteroatoms. The maximum Gasteiger partial charge on any atom is 0.363 e. The molecule has 0 amide bonds. The van der Waals surface area contributed by atoms with Crippen molar-refractivity contribution in [3.63, 3.8) is 0 Å². The van der Waals surface area contributed by atoms with Gasteiger partial charge in [0.15, 0.2) is 0 Å². The van der Waals surface area contributed by atoms with Gasteiger partial charge in [-0.2, -0.15) is 0 Å². The summed E-state index contributed by atoms with van der Waals surface area (Å²) in [6, 6.07) is 0. The van der Waals surface area contributed by atoms with E-state index >= 15 is 0 Å². The van der Waals surface area contributed by atoms with E-state index in [2.05, 4.69) is 9.47 Å². The molecule has 0 N–H and O–H groups in total. The second-order valence-electron chi connectivity index (χ2n) is 3.24. The van der Waals surface area contributed by atoms with Gasteiger partial charge in [0, 0.05) is 6.92 Å². The van der Waals surface area contributed by atoms with Crippen molar-refractivity contribution in [1.29, 1.82) is 0 Å². The van der Waals surface area contributed by atoms with Gasteiger partial charge in [-0.3, -0.25) is 9.59 Å². The number of fused-ring (bicyclic) bond motifs is 1. The van der Waals surface area contributed by atoms with Crippen LogP contribution in [0.5, 0.6) is 0 Å². The fourth-order valence-electron chi connectivity index (χ4n) is 1.61. The highest BCUT2D eigenvalue weighted by Crippen LogP contribution is 2.37. The molecule has 1 unspecified atom stereocenters. The van der Waals surface area contributed by atoms with Crippen molar-refractivity contribution in [2.45, 2.75) is 25.0 Å². The van der Waals surface area contributed by atoms with Gasteiger partial charge in [-0.05, 0) is 0 Å². The Labute approximate surface area is 83.3 Å². The lowest BCUT2D eigenvalue weighted by atomic mass is 9.98. The SMILES string of the molecule is CC(=O)OC12CC(=O)O[C@@H]1C(=O)OC2=O. The Bertz CT molecular complexity index is 384. The van der Waals surface area contributed by atoms with Crippen LogP contribution in [-0.2, 0) is 33.4 Å². The molecule has 0 aromatic carbocycles. The lowest BCUT2D eigenvalue weighted by molar-refractivity contribution is -0.172. The highest BCUT2D eigenvalue weighted by Gasteiger charge is 2.68. The van der Waals surface area contributed by atoms with Gasteiger partial charge in [-0.1, -0.05) is 0 Å². The van der Waals surface area contributed by atoms with Crippen LogP contribution in [0.2, 0.25) is 0 Å². The standard InChI is InChI=1S/C8H6O7/c1-3(9)15-8-2-4(10)13-5(8)6(11)14-7(8)12/h5H,2H2,1H3/t5-,8?/m1/s1. The van der Waals surface area contributed by atoms with Gasteiger partial charge in [-0.25, -0.2) is 9.59 Å². The summed E-state index contributed by atoms with van der Waals surface area (Å²) in [6.07, 6.45) is -1.94. The van der Waals surface area contributed by atoms with Gasteiger partial charge >= 0.3 is 23.9 Å². The van der Waals surface area contributed by atoms with E-state index in [9.17, 15) is 19.2 Å². The van der Waals surface area contributed by atoms with Gasteiger partial charge in [0.25, 0.3) is 5.60 Å². The summed E-state index contributed by atoms with van der Waals surface area (Å²) in [7, 11) is 0. The highest BCUT2D eigenvalue weighted by molar-refractivity contribution is 6.08. The van der Waals surface area contributed by atoms with Crippen molar-refractivity contribution in [2.24, 2.45) is 0 Å². The van der Waals surface area contributed by atoms with Gasteiger partial charge in [0.05, 0.1) is 0 Å². The van der Waals surface area contributed by atoms with E-state index in [0.29, 0.717) is 0 Å². The number of hydrogen-bond acceptors (Lipinski definition) is 7. The molecule has 15 heavy (non-hydrogen) atoms. The van der Waals surface area contributed by atoms with Crippen LogP contribution < -0.4 is 0 Å². The largest absolute Gasteiger partial charge is 0.445 e. The number of cyclic esters (lactones) is 2. The second-order valence-corrected chi connectivity index (χ2v) is 3.24. The first-order valence-electron chi connectivity index (χ1n) is 4.11. The van der Waals surface area contributed by atoms with Gasteiger partial charge in [0.2, 0.25) is 6.10 Å². The molecule has 0 bridgehead atoms. The van der Waals surface area contributed by atoms with E-state index in [-0.39, 0.29) is 0 Å². The second kappa shape index (κ2) is 2.78. The first-order valence-corrected chi connectivity index (χ1v) is 4.11. The minimum atomic E-state index is -1.90. The molecule has 2 aliphatic heterocycles. The van der Waals surface area contributed by atoms with E-state index in [1.165, 1.54) is 0 Å². The summed E-state index contributed by atoms with van der Waals surface area (Å²) in [5.74, 6) is -3.62. The molecule has 7 nitrogen and oxygen atoms in total. The van der Waals surface area contributed by atoms with Crippen LogP contribution >= 0.6 is 0 Å². The average Bonchev–Trinajstić information content (AvgIpc) is 2.50. The van der Waals surface area contributed by atoms with E-state index in [0.717, 1.165) is 6.92 Å². The molecule has 0 saturated carbocycles. The molecule has 2 rings (SSSR count). The van der Waals surface area contributed by atoms with E-state index < -0.39 is 42.0 Å². The number of ether oxygens (including phenoxy) is 3. The van der Waals surface area contributed by atoms with Gasteiger partial charge in [-0.15, -0.1) is 0 Å². The number of esters is 4. The highest BCUT2D eigenvalue weighted by atomic mass is 16.7. The molecular weight excluding hydrogens is 208 g/mol. The minimum Gasteiger partial charge on any atom is -0.445 e. The Kier molecular flexibility index (Phi) is 1.79. The summed E-state index contributed by atoms with van der Waals surface area (Å²) in [6.45, 7) is 1.06. The summed E-state index contributed by atoms with van der Waals surface area (Å²) >= 11 is 0. The van der Waals surface area contributed by atoms with Crippen LogP contribution in [-0.4, -0.2) is 35.6 Å². The molecule has 2 atom stereocenters. The maximum absolute atomic E-state index is 11.3. The smallest absolute Gasteiger partial charge is 0.363 e. The molecule has 2 heterocycles. The zero-order valence-electron chi connectivity index (χ0n) is 7.64. The molecule has 2 aliphatic rings. The third kappa shape index (κ3) is 1.19. The molecule has 0 spiro atoms. The lowest BCUT2D eigenvalue weighted by Gasteiger charge is -2.18. The Morgan fingerprint density at radius 1 is 1.47 bits per heavy atom. The summed E-state index contributed by atoms with van der Waals surface area (Å²) < 4.78 is 13.5. The Hall–Kier alpha value is -1.92. The average molecular weight is 214 g/mol. The fraction of sp³-hybridized carbons (Fsp3) is 0.500. The Morgan fingerprint density at radius 2 is 2.13 bits per heavy atom. The maximum atomic E-state index is 11.3. The summed E-state index contributed by atoms with van der Waals surface area (Å²) in [4.78, 5) is 44.2. The first kappa shape index (κ1) is 9.63. The van der Waals surface area contributed by atoms with Crippen LogP contribution in [0.15, 0.2) is 0 Å². The zero-order valence-corrected chi connectivity index (χ0v) is 7.64. The number of carbonyl (C=O) groups excluding carboxylic acids is 4. The van der Waals surface area contributed by atoms with E-state index in [1.807, 2.05) is 0 Å². The third-order valence-electron chi connectivity index (χ3n) is 2.16. The van der Waals surface area contributed by atoms with E-state index in [4.69, 9.17) is 4.74 Å². The van der Waals surface area contributed by atoms with Gasteiger partial charge < -0.3 is 14.2 Å². The molecule has 2 fully saturated rings. The lowest BCUT2D eigenvalue weighted by Crippen LogP contribution is -2.45. The molecule has 80 valence electrons. The Morgan fingerprint density at radius 3 is 2.73 bits per heavy atom. The zero-order chi connectivity index (χ0) is 11.2. The van der Waals surface area contributed by atoms with Crippen molar-refractivity contribution >= 4 is 23.9 Å². The van der Waals surface area contributed by atoms with Crippen LogP contribution in [0.4, 0.5) is 0 Å². The number of hydrogen-bond donors (Lipinski definition) is 0.